The molecule has 0 spiro atoms. The average molecular weight is 1110 g/mol. The molecule has 0 aromatic rings. The Hall–Kier alpha value is -5.75. The van der Waals surface area contributed by atoms with Crippen molar-refractivity contribution in [2.24, 2.45) is 0 Å². The first-order valence-corrected chi connectivity index (χ1v) is 31.9. The predicted molar refractivity (Wildman–Crippen MR) is 352 cm³/mol. The molecule has 0 saturated heterocycles. The lowest BCUT2D eigenvalue weighted by Crippen LogP contribution is -2.30. The maximum atomic E-state index is 12.9. The lowest BCUT2D eigenvalue weighted by atomic mass is 10.1. The van der Waals surface area contributed by atoms with Gasteiger partial charge in [-0.2, -0.15) is 0 Å². The fourth-order valence-corrected chi connectivity index (χ4v) is 7.91. The first-order valence-electron chi connectivity index (χ1n) is 31.9. The van der Waals surface area contributed by atoms with Crippen molar-refractivity contribution < 1.29 is 28.6 Å². The van der Waals surface area contributed by atoms with Gasteiger partial charge in [0.25, 0.3) is 0 Å². The van der Waals surface area contributed by atoms with Crippen LogP contribution in [0.15, 0.2) is 194 Å². The molecule has 0 amide bonds. The molecule has 0 aliphatic carbocycles. The van der Waals surface area contributed by atoms with E-state index in [-0.39, 0.29) is 44.0 Å². The third-order valence-corrected chi connectivity index (χ3v) is 12.6. The smallest absolute Gasteiger partial charge is 0.306 e. The average Bonchev–Trinajstić information content (AvgIpc) is 3.47. The molecule has 0 aromatic carbocycles. The zero-order valence-electron chi connectivity index (χ0n) is 51.5. The maximum Gasteiger partial charge on any atom is 0.306 e. The van der Waals surface area contributed by atoms with Gasteiger partial charge < -0.3 is 14.2 Å². The Morgan fingerprint density at radius 1 is 0.247 bits per heavy atom. The Morgan fingerprint density at radius 2 is 0.444 bits per heavy atom. The molecule has 6 nitrogen and oxygen atoms in total. The molecule has 0 heterocycles. The number of carbonyl (C=O) groups excluding carboxylic acids is 3. The van der Waals surface area contributed by atoms with Gasteiger partial charge in [-0.1, -0.05) is 254 Å². The van der Waals surface area contributed by atoms with E-state index in [0.29, 0.717) is 12.8 Å². The number of hydrogen-bond acceptors (Lipinski definition) is 6. The Kier molecular flexibility index (Phi) is 62.0. The van der Waals surface area contributed by atoms with Gasteiger partial charge in [0.2, 0.25) is 0 Å². The van der Waals surface area contributed by atoms with Crippen LogP contribution in [0.4, 0.5) is 0 Å². The van der Waals surface area contributed by atoms with Crippen LogP contribution < -0.4 is 0 Å². The molecule has 6 heteroatoms. The molecule has 0 rings (SSSR count). The molecule has 0 fully saturated rings. The van der Waals surface area contributed by atoms with E-state index >= 15 is 0 Å². The SMILES string of the molecule is CC/C=C\C/C=C\C/C=C\C/C=C\C/C=C\C/C=C\C/C=C\C/C=C\CCCCCCC(=O)OCC(COC(=O)CCCC/C=C\C/C=C\C/C=C\C/C=C\CC)OC(=O)CCCCCCCC/C=C\C/C=C\C/C=C\C/C=C\CC. The van der Waals surface area contributed by atoms with Crippen LogP contribution in [0.1, 0.15) is 239 Å². The monoisotopic (exact) mass is 1110 g/mol. The minimum Gasteiger partial charge on any atom is -0.462 e. The van der Waals surface area contributed by atoms with Gasteiger partial charge in [0.1, 0.15) is 13.2 Å². The molecule has 0 N–H and O–H groups in total. The van der Waals surface area contributed by atoms with Gasteiger partial charge in [-0.3, -0.25) is 14.4 Å². The van der Waals surface area contributed by atoms with E-state index < -0.39 is 6.10 Å². The minimum atomic E-state index is -0.827. The molecule has 1 atom stereocenters. The zero-order chi connectivity index (χ0) is 58.5. The molecule has 0 aliphatic heterocycles. The summed E-state index contributed by atoms with van der Waals surface area (Å²) in [5, 5.41) is 0. The van der Waals surface area contributed by atoms with Gasteiger partial charge in [0.05, 0.1) is 0 Å². The Morgan fingerprint density at radius 3 is 0.716 bits per heavy atom. The van der Waals surface area contributed by atoms with Crippen LogP contribution in [0.2, 0.25) is 0 Å². The number of esters is 3. The largest absolute Gasteiger partial charge is 0.462 e. The van der Waals surface area contributed by atoms with Gasteiger partial charge in [-0.25, -0.2) is 0 Å². The summed E-state index contributed by atoms with van der Waals surface area (Å²) in [6.45, 7) is 6.21. The van der Waals surface area contributed by atoms with E-state index in [2.05, 4.69) is 215 Å². The fourth-order valence-electron chi connectivity index (χ4n) is 7.91. The quantitative estimate of drug-likeness (QED) is 0.0261. The van der Waals surface area contributed by atoms with Crippen LogP contribution in [-0.2, 0) is 28.6 Å². The molecular weight excluding hydrogens is 997 g/mol. The number of ether oxygens (including phenoxy) is 3. The molecule has 0 aliphatic rings. The first-order chi connectivity index (χ1) is 40.0. The second kappa shape index (κ2) is 66.8. The number of unbranched alkanes of at least 4 members (excludes halogenated alkanes) is 12. The fraction of sp³-hybridized carbons (Fsp3) is 0.533. The van der Waals surface area contributed by atoms with Gasteiger partial charge in [-0.15, -0.1) is 0 Å². The van der Waals surface area contributed by atoms with Crippen LogP contribution in [0, 0.1) is 0 Å². The van der Waals surface area contributed by atoms with E-state index in [0.717, 1.165) is 180 Å². The summed E-state index contributed by atoms with van der Waals surface area (Å²) in [4.78, 5) is 38.3. The highest BCUT2D eigenvalue weighted by Gasteiger charge is 2.19. The van der Waals surface area contributed by atoms with Crippen molar-refractivity contribution >= 4 is 17.9 Å². The lowest BCUT2D eigenvalue weighted by Gasteiger charge is -2.18. The summed E-state index contributed by atoms with van der Waals surface area (Å²) in [7, 11) is 0. The third kappa shape index (κ3) is 64.9. The van der Waals surface area contributed by atoms with Crippen molar-refractivity contribution in [2.45, 2.75) is 245 Å². The maximum absolute atomic E-state index is 12.9. The molecule has 0 saturated carbocycles. The Labute approximate surface area is 497 Å². The van der Waals surface area contributed by atoms with Gasteiger partial charge >= 0.3 is 17.9 Å². The highest BCUT2D eigenvalue weighted by atomic mass is 16.6. The normalized spacial score (nSPS) is 13.5. The van der Waals surface area contributed by atoms with Gasteiger partial charge in [-0.05, 0) is 161 Å². The highest BCUT2D eigenvalue weighted by Crippen LogP contribution is 2.13. The Balaban J connectivity index is 4.51. The number of rotatable bonds is 55. The standard InChI is InChI=1S/C75H114O6/c1-4-7-10-13-16-19-22-25-28-30-32-33-34-35-36-37-38-39-40-41-43-44-47-50-53-56-59-62-65-68-74(77)80-71-72(70-79-73(76)67-64-61-58-55-52-49-46-27-24-21-18-15-12-9-6-3)81-75(78)69-66-63-60-57-54-51-48-45-42-31-29-26-23-20-17-14-11-8-5-2/h7-12,16-21,25-29,32-33,35-36,38-39,41-43,45-47,50,52,55,72H,4-6,13-15,22-24,30-31,34,37,40,44,48-49,51,53-54,56-71H2,1-3H3/b10-7-,11-8-,12-9-,19-16-,20-17-,21-18-,28-25-,29-26-,33-32-,36-35-,39-38-,43-41-,45-42-,46-27-,50-47-,55-52-. The summed E-state index contributed by atoms with van der Waals surface area (Å²) in [5.74, 6) is -1.01. The van der Waals surface area contributed by atoms with Crippen molar-refractivity contribution in [1.29, 1.82) is 0 Å². The summed E-state index contributed by atoms with van der Waals surface area (Å²) in [6, 6.07) is 0. The van der Waals surface area contributed by atoms with Crippen LogP contribution in [-0.4, -0.2) is 37.2 Å². The summed E-state index contributed by atoms with van der Waals surface area (Å²) < 4.78 is 16.8. The van der Waals surface area contributed by atoms with Crippen molar-refractivity contribution in [1.82, 2.24) is 0 Å². The summed E-state index contributed by atoms with van der Waals surface area (Å²) in [5.41, 5.74) is 0. The second-order valence-corrected chi connectivity index (χ2v) is 20.2. The van der Waals surface area contributed by atoms with Crippen LogP contribution >= 0.6 is 0 Å². The summed E-state index contributed by atoms with van der Waals surface area (Å²) >= 11 is 0. The van der Waals surface area contributed by atoms with E-state index in [1.165, 1.54) is 12.8 Å². The molecule has 0 bridgehead atoms. The molecule has 1 unspecified atom stereocenters. The van der Waals surface area contributed by atoms with Crippen molar-refractivity contribution in [3.8, 4) is 0 Å². The zero-order valence-corrected chi connectivity index (χ0v) is 51.5. The van der Waals surface area contributed by atoms with E-state index in [4.69, 9.17) is 14.2 Å². The Bertz CT molecular complexity index is 1950. The number of hydrogen-bond donors (Lipinski definition) is 0. The van der Waals surface area contributed by atoms with Crippen molar-refractivity contribution in [3.05, 3.63) is 194 Å². The number of allylic oxidation sites excluding steroid dienone is 32. The van der Waals surface area contributed by atoms with E-state index in [1.807, 2.05) is 0 Å². The van der Waals surface area contributed by atoms with E-state index in [9.17, 15) is 14.4 Å². The van der Waals surface area contributed by atoms with Crippen molar-refractivity contribution in [3.63, 3.8) is 0 Å². The number of carbonyl (C=O) groups is 3. The van der Waals surface area contributed by atoms with Crippen molar-refractivity contribution in [2.75, 3.05) is 13.2 Å². The third-order valence-electron chi connectivity index (χ3n) is 12.6. The minimum absolute atomic E-state index is 0.121. The topological polar surface area (TPSA) is 78.9 Å². The van der Waals surface area contributed by atoms with Crippen LogP contribution in [0.5, 0.6) is 0 Å². The second-order valence-electron chi connectivity index (χ2n) is 20.2. The highest BCUT2D eigenvalue weighted by molar-refractivity contribution is 5.71. The molecule has 0 radical (unpaired) electrons. The van der Waals surface area contributed by atoms with Gasteiger partial charge in [0, 0.05) is 19.3 Å². The summed E-state index contributed by atoms with van der Waals surface area (Å²) in [6.07, 6.45) is 101. The molecule has 0 aromatic heterocycles. The predicted octanol–water partition coefficient (Wildman–Crippen LogP) is 22.2. The first kappa shape index (κ1) is 75.2. The lowest BCUT2D eigenvalue weighted by molar-refractivity contribution is -0.167. The van der Waals surface area contributed by atoms with Crippen LogP contribution in [0.3, 0.4) is 0 Å². The molecular formula is C75H114O6. The molecule has 81 heavy (non-hydrogen) atoms. The van der Waals surface area contributed by atoms with E-state index in [1.54, 1.807) is 0 Å². The molecule has 450 valence electrons. The van der Waals surface area contributed by atoms with Gasteiger partial charge in [0.15, 0.2) is 6.10 Å². The van der Waals surface area contributed by atoms with Crippen LogP contribution in [0.25, 0.3) is 0 Å².